The highest BCUT2D eigenvalue weighted by Crippen LogP contribution is 2.36. The smallest absolute Gasteiger partial charge is 0.223 e. The number of aryl methyl sites for hydroxylation is 1. The number of hydrogen-bond donors (Lipinski definition) is 2. The van der Waals surface area contributed by atoms with Crippen molar-refractivity contribution in [1.82, 2.24) is 9.97 Å². The molecule has 0 aliphatic carbocycles. The zero-order valence-electron chi connectivity index (χ0n) is 14.1. The first-order valence-electron chi connectivity index (χ1n) is 7.27. The van der Waals surface area contributed by atoms with Crippen LogP contribution in [0.25, 0.3) is 10.6 Å². The van der Waals surface area contributed by atoms with Crippen LogP contribution in [0.2, 0.25) is 0 Å². The van der Waals surface area contributed by atoms with Crippen molar-refractivity contribution in [3.63, 3.8) is 0 Å². The van der Waals surface area contributed by atoms with Gasteiger partial charge in [-0.3, -0.25) is 4.79 Å². The normalized spacial score (nSPS) is 10.2. The number of methoxy groups -OCH3 is 1. The zero-order chi connectivity index (χ0) is 18.0. The second-order valence-corrected chi connectivity index (χ2v) is 6.98. The number of carbonyl (C=O) groups excluding carboxylic acids is 1. The van der Waals surface area contributed by atoms with E-state index in [9.17, 15) is 9.18 Å². The third-order valence-corrected chi connectivity index (χ3v) is 5.07. The maximum Gasteiger partial charge on any atom is 0.223 e. The van der Waals surface area contributed by atoms with E-state index in [1.54, 1.807) is 6.07 Å². The highest BCUT2D eigenvalue weighted by molar-refractivity contribution is 8.93. The topological polar surface area (TPSA) is 76.1 Å². The van der Waals surface area contributed by atoms with Crippen molar-refractivity contribution in [3.8, 4) is 16.3 Å². The van der Waals surface area contributed by atoms with Gasteiger partial charge in [0.05, 0.1) is 29.1 Å². The number of ether oxygens (including phenoxy) is 1. The van der Waals surface area contributed by atoms with E-state index in [0.717, 1.165) is 16.3 Å². The first-order chi connectivity index (χ1) is 12.0. The summed E-state index contributed by atoms with van der Waals surface area (Å²) < 4.78 is 18.7. The Morgan fingerprint density at radius 2 is 2.04 bits per heavy atom. The second-order valence-electron chi connectivity index (χ2n) is 5.12. The molecule has 138 valence electrons. The maximum absolute atomic E-state index is 13.5. The van der Waals surface area contributed by atoms with Gasteiger partial charge < -0.3 is 15.4 Å². The van der Waals surface area contributed by atoms with E-state index < -0.39 is 0 Å². The minimum Gasteiger partial charge on any atom is -0.495 e. The van der Waals surface area contributed by atoms with Gasteiger partial charge in [0.2, 0.25) is 5.91 Å². The summed E-state index contributed by atoms with van der Waals surface area (Å²) in [5.74, 6) is -0.00229. The predicted molar refractivity (Wildman–Crippen MR) is 109 cm³/mol. The maximum atomic E-state index is 13.5. The van der Waals surface area contributed by atoms with Gasteiger partial charge in [-0.2, -0.15) is 0 Å². The molecule has 0 aliphatic rings. The molecule has 2 heterocycles. The van der Waals surface area contributed by atoms with Crippen LogP contribution in [0.1, 0.15) is 12.6 Å². The van der Waals surface area contributed by atoms with Gasteiger partial charge in [0.1, 0.15) is 11.6 Å². The molecule has 3 aromatic rings. The number of rotatable bonds is 5. The summed E-state index contributed by atoms with van der Waals surface area (Å²) in [5, 5.41) is 8.77. The molecule has 0 unspecified atom stereocenters. The molecule has 2 N–H and O–H groups in total. The number of nitrogens with zero attached hydrogens (tertiary/aromatic N) is 2. The molecule has 0 bridgehead atoms. The Balaban J connectivity index is 0.00000243. The fourth-order valence-corrected chi connectivity index (χ4v) is 3.93. The summed E-state index contributed by atoms with van der Waals surface area (Å²) in [5.41, 5.74) is 2.03. The molecule has 26 heavy (non-hydrogen) atoms. The summed E-state index contributed by atoms with van der Waals surface area (Å²) in [6.07, 6.45) is 0. The van der Waals surface area contributed by atoms with E-state index in [0.29, 0.717) is 21.7 Å². The van der Waals surface area contributed by atoms with Crippen LogP contribution in [-0.4, -0.2) is 23.0 Å². The van der Waals surface area contributed by atoms with Gasteiger partial charge in [-0.1, -0.05) is 11.3 Å². The number of nitrogens with one attached hydrogen (secondary N) is 2. The molecule has 1 amide bonds. The fourth-order valence-electron chi connectivity index (χ4n) is 2.17. The molecule has 0 atom stereocenters. The van der Waals surface area contributed by atoms with E-state index >= 15 is 0 Å². The van der Waals surface area contributed by atoms with E-state index in [1.807, 2.05) is 12.3 Å². The van der Waals surface area contributed by atoms with Gasteiger partial charge in [0.25, 0.3) is 0 Å². The summed E-state index contributed by atoms with van der Waals surface area (Å²) in [6, 6.07) is 4.24. The Morgan fingerprint density at radius 1 is 1.27 bits per heavy atom. The van der Waals surface area contributed by atoms with E-state index in [-0.39, 0.29) is 28.7 Å². The number of carbonyl (C=O) groups is 1. The fraction of sp³-hybridized carbons (Fsp3) is 0.188. The zero-order valence-corrected chi connectivity index (χ0v) is 17.5. The molecule has 2 aromatic heterocycles. The van der Waals surface area contributed by atoms with Crippen molar-refractivity contribution in [2.24, 2.45) is 0 Å². The van der Waals surface area contributed by atoms with Gasteiger partial charge in [-0.05, 0) is 19.1 Å². The minimum atomic E-state index is -0.363. The Bertz CT molecular complexity index is 929. The summed E-state index contributed by atoms with van der Waals surface area (Å²) in [4.78, 5) is 20.9. The molecule has 0 saturated heterocycles. The van der Waals surface area contributed by atoms with Gasteiger partial charge in [0, 0.05) is 18.4 Å². The SMILES string of the molecule is Br.COc1ccc(F)cc1Nc1nc(-c2sc(NC(C)=O)nc2C)cs1. The lowest BCUT2D eigenvalue weighted by Gasteiger charge is -2.08. The van der Waals surface area contributed by atoms with Crippen LogP contribution in [0.5, 0.6) is 5.75 Å². The van der Waals surface area contributed by atoms with Gasteiger partial charge in [-0.25, -0.2) is 14.4 Å². The largest absolute Gasteiger partial charge is 0.495 e. The number of anilines is 3. The Labute approximate surface area is 168 Å². The molecule has 6 nitrogen and oxygen atoms in total. The molecular weight excluding hydrogens is 443 g/mol. The van der Waals surface area contributed by atoms with Crippen LogP contribution >= 0.6 is 39.7 Å². The molecule has 0 aliphatic heterocycles. The average Bonchev–Trinajstić information content (AvgIpc) is 3.13. The molecular formula is C16H16BrFN4O2S2. The third kappa shape index (κ3) is 4.57. The van der Waals surface area contributed by atoms with Crippen molar-refractivity contribution >= 4 is 61.5 Å². The molecule has 0 radical (unpaired) electrons. The third-order valence-electron chi connectivity index (χ3n) is 3.22. The number of thiazole rings is 2. The Hall–Kier alpha value is -2.04. The van der Waals surface area contributed by atoms with Gasteiger partial charge >= 0.3 is 0 Å². The highest BCUT2D eigenvalue weighted by Gasteiger charge is 2.15. The quantitative estimate of drug-likeness (QED) is 0.562. The van der Waals surface area contributed by atoms with Crippen LogP contribution in [0, 0.1) is 12.7 Å². The summed E-state index contributed by atoms with van der Waals surface area (Å²) >= 11 is 2.75. The first-order valence-corrected chi connectivity index (χ1v) is 8.97. The molecule has 0 spiro atoms. The summed E-state index contributed by atoms with van der Waals surface area (Å²) in [7, 11) is 1.52. The molecule has 10 heteroatoms. The molecule has 0 fully saturated rings. The lowest BCUT2D eigenvalue weighted by atomic mass is 10.3. The number of aromatic nitrogens is 2. The predicted octanol–water partition coefficient (Wildman–Crippen LogP) is 5.00. The number of benzene rings is 1. The van der Waals surface area contributed by atoms with Crippen LogP contribution in [0.4, 0.5) is 20.3 Å². The van der Waals surface area contributed by atoms with Crippen molar-refractivity contribution < 1.29 is 13.9 Å². The van der Waals surface area contributed by atoms with Gasteiger partial charge in [-0.15, -0.1) is 28.3 Å². The minimum absolute atomic E-state index is 0. The van der Waals surface area contributed by atoms with Crippen molar-refractivity contribution in [1.29, 1.82) is 0 Å². The van der Waals surface area contributed by atoms with E-state index in [4.69, 9.17) is 4.74 Å². The lowest BCUT2D eigenvalue weighted by molar-refractivity contribution is -0.114. The van der Waals surface area contributed by atoms with Crippen molar-refractivity contribution in [3.05, 3.63) is 35.1 Å². The molecule has 0 saturated carbocycles. The first kappa shape index (κ1) is 20.3. The van der Waals surface area contributed by atoms with Crippen molar-refractivity contribution in [2.75, 3.05) is 17.7 Å². The van der Waals surface area contributed by atoms with Crippen LogP contribution in [0.15, 0.2) is 23.6 Å². The van der Waals surface area contributed by atoms with E-state index in [1.165, 1.54) is 48.8 Å². The number of amides is 1. The van der Waals surface area contributed by atoms with Crippen LogP contribution < -0.4 is 15.4 Å². The van der Waals surface area contributed by atoms with E-state index in [2.05, 4.69) is 20.6 Å². The lowest BCUT2D eigenvalue weighted by Crippen LogP contribution is -2.04. The highest BCUT2D eigenvalue weighted by atomic mass is 79.9. The molecule has 1 aromatic carbocycles. The summed E-state index contributed by atoms with van der Waals surface area (Å²) in [6.45, 7) is 3.30. The monoisotopic (exact) mass is 458 g/mol. The number of hydrogen-bond acceptors (Lipinski definition) is 7. The average molecular weight is 459 g/mol. The molecule has 3 rings (SSSR count). The Morgan fingerprint density at radius 3 is 2.73 bits per heavy atom. The Kier molecular flexibility index (Phi) is 6.68. The number of halogens is 2. The second kappa shape index (κ2) is 8.56. The van der Waals surface area contributed by atoms with Crippen LogP contribution in [0.3, 0.4) is 0 Å². The standard InChI is InChI=1S/C16H15FN4O2S2.BrH/c1-8-14(25-16(18-8)19-9(2)22)12-7-24-15(21-12)20-11-6-10(17)4-5-13(11)23-3;/h4-7H,1-3H3,(H,20,21)(H,18,19,22);1H. The van der Waals surface area contributed by atoms with Crippen molar-refractivity contribution in [2.45, 2.75) is 13.8 Å². The van der Waals surface area contributed by atoms with Crippen LogP contribution in [-0.2, 0) is 4.79 Å². The van der Waals surface area contributed by atoms with Gasteiger partial charge in [0.15, 0.2) is 10.3 Å².